The first-order valence-electron chi connectivity index (χ1n) is 10.4. The fourth-order valence-electron chi connectivity index (χ4n) is 3.51. The van der Waals surface area contributed by atoms with Gasteiger partial charge in [0.25, 0.3) is 0 Å². The maximum atomic E-state index is 9.61. The van der Waals surface area contributed by atoms with E-state index in [1.165, 1.54) is 5.56 Å². The minimum absolute atomic E-state index is 0.214. The molecular formula is C28H22O3S. The summed E-state index contributed by atoms with van der Waals surface area (Å²) >= 11 is 1.69. The van der Waals surface area contributed by atoms with Gasteiger partial charge in [0.05, 0.1) is 4.88 Å². The lowest BCUT2D eigenvalue weighted by atomic mass is 10.1. The van der Waals surface area contributed by atoms with E-state index in [1.54, 1.807) is 35.6 Å². The molecule has 158 valence electrons. The van der Waals surface area contributed by atoms with E-state index in [4.69, 9.17) is 9.47 Å². The summed E-state index contributed by atoms with van der Waals surface area (Å²) in [4.78, 5) is 1.06. The number of aryl methyl sites for hydroxylation is 1. The third-order valence-corrected chi connectivity index (χ3v) is 6.42. The van der Waals surface area contributed by atoms with Gasteiger partial charge in [0, 0.05) is 10.1 Å². The summed E-state index contributed by atoms with van der Waals surface area (Å²) in [6, 6.07) is 31.5. The number of hydrogen-bond acceptors (Lipinski definition) is 4. The second-order valence-corrected chi connectivity index (χ2v) is 8.71. The number of ether oxygens (including phenoxy) is 2. The van der Waals surface area contributed by atoms with Crippen LogP contribution in [0.4, 0.5) is 0 Å². The zero-order valence-corrected chi connectivity index (χ0v) is 18.4. The monoisotopic (exact) mass is 438 g/mol. The highest BCUT2D eigenvalue weighted by molar-refractivity contribution is 7.22. The molecule has 5 aromatic rings. The normalized spacial score (nSPS) is 10.9. The first kappa shape index (κ1) is 20.2. The molecule has 32 heavy (non-hydrogen) atoms. The van der Waals surface area contributed by atoms with Gasteiger partial charge in [-0.15, -0.1) is 11.3 Å². The predicted molar refractivity (Wildman–Crippen MR) is 131 cm³/mol. The number of hydrogen-bond donors (Lipinski definition) is 1. The average Bonchev–Trinajstić information content (AvgIpc) is 3.18. The summed E-state index contributed by atoms with van der Waals surface area (Å²) in [5.74, 6) is 2.54. The molecule has 4 aromatic carbocycles. The molecule has 1 heterocycles. The molecule has 0 unspecified atom stereocenters. The van der Waals surface area contributed by atoms with E-state index in [0.29, 0.717) is 12.4 Å². The first-order chi connectivity index (χ1) is 15.7. The van der Waals surface area contributed by atoms with Crippen LogP contribution < -0.4 is 9.47 Å². The van der Waals surface area contributed by atoms with Crippen LogP contribution in [-0.4, -0.2) is 5.11 Å². The van der Waals surface area contributed by atoms with Crippen LogP contribution in [0.15, 0.2) is 97.1 Å². The molecule has 0 saturated heterocycles. The number of rotatable bonds is 6. The van der Waals surface area contributed by atoms with Gasteiger partial charge in [-0.2, -0.15) is 0 Å². The van der Waals surface area contributed by atoms with Crippen LogP contribution in [0.1, 0.15) is 11.1 Å². The lowest BCUT2D eigenvalue weighted by Crippen LogP contribution is -1.94. The van der Waals surface area contributed by atoms with Crippen molar-refractivity contribution >= 4 is 21.4 Å². The Morgan fingerprint density at radius 3 is 2.25 bits per heavy atom. The molecule has 3 nitrogen and oxygen atoms in total. The van der Waals surface area contributed by atoms with Crippen molar-refractivity contribution in [2.45, 2.75) is 13.5 Å². The Morgan fingerprint density at radius 1 is 0.781 bits per heavy atom. The lowest BCUT2D eigenvalue weighted by Gasteiger charge is -2.09. The Labute approximate surface area is 191 Å². The van der Waals surface area contributed by atoms with Crippen molar-refractivity contribution in [3.8, 4) is 33.4 Å². The first-order valence-corrected chi connectivity index (χ1v) is 11.2. The smallest absolute Gasteiger partial charge is 0.153 e. The Balaban J connectivity index is 1.53. The van der Waals surface area contributed by atoms with Crippen LogP contribution in [0, 0.1) is 6.92 Å². The zero-order valence-electron chi connectivity index (χ0n) is 17.6. The molecule has 0 atom stereocenters. The quantitative estimate of drug-likeness (QED) is 0.292. The van der Waals surface area contributed by atoms with Crippen molar-refractivity contribution in [1.82, 2.24) is 0 Å². The average molecular weight is 439 g/mol. The van der Waals surface area contributed by atoms with Gasteiger partial charge >= 0.3 is 0 Å². The van der Waals surface area contributed by atoms with Gasteiger partial charge < -0.3 is 14.6 Å². The summed E-state index contributed by atoms with van der Waals surface area (Å²) in [7, 11) is 0. The lowest BCUT2D eigenvalue weighted by molar-refractivity contribution is 0.306. The largest absolute Gasteiger partial charge is 0.508 e. The number of aromatic hydroxyl groups is 1. The molecule has 0 aliphatic heterocycles. The second-order valence-electron chi connectivity index (χ2n) is 7.65. The minimum Gasteiger partial charge on any atom is -0.508 e. The van der Waals surface area contributed by atoms with Crippen LogP contribution in [0.5, 0.6) is 23.0 Å². The van der Waals surface area contributed by atoms with Gasteiger partial charge in [-0.25, -0.2) is 0 Å². The molecule has 0 spiro atoms. The molecule has 0 aliphatic rings. The number of benzene rings is 4. The molecule has 0 bridgehead atoms. The van der Waals surface area contributed by atoms with E-state index in [1.807, 2.05) is 24.3 Å². The van der Waals surface area contributed by atoms with Gasteiger partial charge in [-0.05, 0) is 60.5 Å². The van der Waals surface area contributed by atoms with E-state index in [0.717, 1.165) is 37.6 Å². The van der Waals surface area contributed by atoms with Gasteiger partial charge in [0.1, 0.15) is 23.9 Å². The van der Waals surface area contributed by atoms with Crippen molar-refractivity contribution in [1.29, 1.82) is 0 Å². The third-order valence-electron chi connectivity index (χ3n) is 5.23. The van der Waals surface area contributed by atoms with Crippen molar-refractivity contribution in [3.05, 3.63) is 108 Å². The fraction of sp³-hybridized carbons (Fsp3) is 0.0714. The number of phenolic OH excluding ortho intramolecular Hbond substituents is 1. The van der Waals surface area contributed by atoms with Gasteiger partial charge in [-0.3, -0.25) is 0 Å². The highest BCUT2D eigenvalue weighted by atomic mass is 32.1. The number of phenols is 1. The summed E-state index contributed by atoms with van der Waals surface area (Å²) in [6.07, 6.45) is 0. The molecule has 1 N–H and O–H groups in total. The second kappa shape index (κ2) is 8.77. The van der Waals surface area contributed by atoms with Crippen LogP contribution in [0.25, 0.3) is 20.5 Å². The molecule has 0 radical (unpaired) electrons. The van der Waals surface area contributed by atoms with Crippen LogP contribution >= 0.6 is 11.3 Å². The highest BCUT2D eigenvalue weighted by Crippen LogP contribution is 2.47. The number of thiophene rings is 1. The van der Waals surface area contributed by atoms with E-state index < -0.39 is 0 Å². The molecular weight excluding hydrogens is 416 g/mol. The van der Waals surface area contributed by atoms with Gasteiger partial charge in [0.15, 0.2) is 5.75 Å². The fourth-order valence-corrected chi connectivity index (χ4v) is 4.68. The van der Waals surface area contributed by atoms with Crippen molar-refractivity contribution in [2.75, 3.05) is 0 Å². The van der Waals surface area contributed by atoms with E-state index in [2.05, 4.69) is 55.5 Å². The standard InChI is InChI=1S/C28H22O3S/c1-19-7-9-21(10-8-19)28-27(31-23-13-11-22(29)12-14-23)25-16-15-24(17-26(25)32-28)30-18-20-5-3-2-4-6-20/h2-17,29H,18H2,1H3. The maximum absolute atomic E-state index is 9.61. The van der Waals surface area contributed by atoms with Crippen molar-refractivity contribution < 1.29 is 14.6 Å². The molecule has 4 heteroatoms. The van der Waals surface area contributed by atoms with Gasteiger partial charge in [-0.1, -0.05) is 60.2 Å². The molecule has 0 fully saturated rings. The summed E-state index contributed by atoms with van der Waals surface area (Å²) in [6.45, 7) is 2.61. The summed E-state index contributed by atoms with van der Waals surface area (Å²) < 4.78 is 13.5. The predicted octanol–water partition coefficient (Wildman–Crippen LogP) is 7.95. The van der Waals surface area contributed by atoms with E-state index in [9.17, 15) is 5.11 Å². The summed E-state index contributed by atoms with van der Waals surface area (Å²) in [5, 5.41) is 10.6. The van der Waals surface area contributed by atoms with Crippen molar-refractivity contribution in [3.63, 3.8) is 0 Å². The highest BCUT2D eigenvalue weighted by Gasteiger charge is 2.17. The van der Waals surface area contributed by atoms with Crippen LogP contribution in [0.3, 0.4) is 0 Å². The van der Waals surface area contributed by atoms with E-state index in [-0.39, 0.29) is 5.75 Å². The minimum atomic E-state index is 0.214. The topological polar surface area (TPSA) is 38.7 Å². The van der Waals surface area contributed by atoms with E-state index >= 15 is 0 Å². The Hall–Kier alpha value is -3.76. The number of fused-ring (bicyclic) bond motifs is 1. The Morgan fingerprint density at radius 2 is 1.50 bits per heavy atom. The molecule has 5 rings (SSSR count). The Bertz CT molecular complexity index is 1340. The molecule has 0 amide bonds. The van der Waals surface area contributed by atoms with Gasteiger partial charge in [0.2, 0.25) is 0 Å². The zero-order chi connectivity index (χ0) is 21.9. The van der Waals surface area contributed by atoms with Crippen molar-refractivity contribution in [2.24, 2.45) is 0 Å². The van der Waals surface area contributed by atoms with Crippen LogP contribution in [-0.2, 0) is 6.61 Å². The third kappa shape index (κ3) is 4.32. The molecule has 0 aliphatic carbocycles. The Kier molecular flexibility index (Phi) is 5.53. The maximum Gasteiger partial charge on any atom is 0.153 e. The molecule has 1 aromatic heterocycles. The molecule has 0 saturated carbocycles. The van der Waals surface area contributed by atoms with Crippen LogP contribution in [0.2, 0.25) is 0 Å². The SMILES string of the molecule is Cc1ccc(-c2sc3cc(OCc4ccccc4)ccc3c2Oc2ccc(O)cc2)cc1. The summed E-state index contributed by atoms with van der Waals surface area (Å²) in [5.41, 5.74) is 3.46.